The predicted molar refractivity (Wildman–Crippen MR) is 82.3 cm³/mol. The minimum absolute atomic E-state index is 0.314. The van der Waals surface area contributed by atoms with E-state index in [0.717, 1.165) is 32.0 Å². The van der Waals surface area contributed by atoms with Crippen molar-refractivity contribution >= 4 is 11.6 Å². The molecule has 2 aromatic rings. The van der Waals surface area contributed by atoms with Crippen LogP contribution in [0.3, 0.4) is 0 Å². The summed E-state index contributed by atoms with van der Waals surface area (Å²) in [7, 11) is 0. The number of hydrogen-bond acceptors (Lipinski definition) is 6. The van der Waals surface area contributed by atoms with E-state index in [1.165, 1.54) is 12.3 Å². The van der Waals surface area contributed by atoms with Crippen molar-refractivity contribution in [1.82, 2.24) is 15.0 Å². The number of halogens is 1. The van der Waals surface area contributed by atoms with Crippen LogP contribution in [0.25, 0.3) is 0 Å². The number of rotatable bonds is 2. The van der Waals surface area contributed by atoms with Crippen LogP contribution in [0.1, 0.15) is 5.69 Å². The maximum atomic E-state index is 13.0. The van der Waals surface area contributed by atoms with Crippen LogP contribution >= 0.6 is 0 Å². The van der Waals surface area contributed by atoms with Gasteiger partial charge in [0.2, 0.25) is 0 Å². The molecule has 2 aliphatic rings. The number of nitrogens with zero attached hydrogens (tertiary/aromatic N) is 6. The van der Waals surface area contributed by atoms with Crippen molar-refractivity contribution in [2.45, 2.75) is 0 Å². The number of pyridine rings is 1. The third-order valence-electron chi connectivity index (χ3n) is 4.61. The lowest BCUT2D eigenvalue weighted by Crippen LogP contribution is -2.30. The highest BCUT2D eigenvalue weighted by molar-refractivity contribution is 5.51. The highest BCUT2D eigenvalue weighted by Gasteiger charge is 2.41. The Bertz CT molecular complexity index is 742. The number of fused-ring (bicyclic) bond motifs is 1. The summed E-state index contributed by atoms with van der Waals surface area (Å²) in [6.45, 7) is 3.50. The van der Waals surface area contributed by atoms with Crippen LogP contribution in [0.5, 0.6) is 0 Å². The summed E-state index contributed by atoms with van der Waals surface area (Å²) in [5.74, 6) is 2.18. The molecule has 23 heavy (non-hydrogen) atoms. The molecule has 2 aromatic heterocycles. The minimum atomic E-state index is -0.314. The molecule has 0 aromatic carbocycles. The van der Waals surface area contributed by atoms with Crippen LogP contribution in [0.15, 0.2) is 30.7 Å². The molecule has 0 bridgehead atoms. The fourth-order valence-electron chi connectivity index (χ4n) is 3.55. The lowest BCUT2D eigenvalue weighted by molar-refractivity contribution is 0.533. The second-order valence-electron chi connectivity index (χ2n) is 6.01. The summed E-state index contributed by atoms with van der Waals surface area (Å²) in [6, 6.07) is 5.28. The van der Waals surface area contributed by atoms with E-state index in [1.807, 2.05) is 0 Å². The van der Waals surface area contributed by atoms with Gasteiger partial charge in [-0.2, -0.15) is 5.26 Å². The van der Waals surface area contributed by atoms with Crippen molar-refractivity contribution in [3.63, 3.8) is 0 Å². The standard InChI is InChI=1S/C16H15FN6/c17-13-1-2-15(21-6-13)22-7-11-9-23(10-12(11)8-22)16-14(5-18)19-3-4-20-16/h1-4,6,11-12H,7-10H2. The van der Waals surface area contributed by atoms with E-state index in [-0.39, 0.29) is 5.82 Å². The third-order valence-corrected chi connectivity index (χ3v) is 4.61. The van der Waals surface area contributed by atoms with Crippen LogP contribution in [0.4, 0.5) is 16.0 Å². The molecule has 2 fully saturated rings. The molecular weight excluding hydrogens is 295 g/mol. The summed E-state index contributed by atoms with van der Waals surface area (Å²) >= 11 is 0. The highest BCUT2D eigenvalue weighted by Crippen LogP contribution is 2.35. The molecule has 2 unspecified atom stereocenters. The Morgan fingerprint density at radius 1 is 1.00 bits per heavy atom. The number of hydrogen-bond donors (Lipinski definition) is 0. The van der Waals surface area contributed by atoms with E-state index in [4.69, 9.17) is 5.26 Å². The topological polar surface area (TPSA) is 68.9 Å². The molecule has 0 radical (unpaired) electrons. The maximum absolute atomic E-state index is 13.0. The second-order valence-corrected chi connectivity index (χ2v) is 6.01. The molecule has 6 nitrogen and oxygen atoms in total. The molecule has 7 heteroatoms. The molecule has 0 aliphatic carbocycles. The Balaban J connectivity index is 1.48. The predicted octanol–water partition coefficient (Wildman–Crippen LogP) is 1.45. The van der Waals surface area contributed by atoms with Crippen molar-refractivity contribution in [1.29, 1.82) is 5.26 Å². The first-order valence-corrected chi connectivity index (χ1v) is 7.57. The molecule has 2 saturated heterocycles. The van der Waals surface area contributed by atoms with Gasteiger partial charge >= 0.3 is 0 Å². The molecule has 4 heterocycles. The molecule has 0 spiro atoms. The van der Waals surface area contributed by atoms with Gasteiger partial charge in [-0.1, -0.05) is 0 Å². The largest absolute Gasteiger partial charge is 0.356 e. The van der Waals surface area contributed by atoms with Crippen molar-refractivity contribution in [2.24, 2.45) is 11.8 Å². The SMILES string of the molecule is N#Cc1nccnc1N1CC2CN(c3ccc(F)cn3)CC2C1. The van der Waals surface area contributed by atoms with Crippen LogP contribution in [-0.2, 0) is 0 Å². The molecule has 0 saturated carbocycles. The van der Waals surface area contributed by atoms with E-state index >= 15 is 0 Å². The van der Waals surface area contributed by atoms with Crippen molar-refractivity contribution in [2.75, 3.05) is 36.0 Å². The summed E-state index contributed by atoms with van der Waals surface area (Å²) in [6.07, 6.45) is 4.42. The van der Waals surface area contributed by atoms with Crippen molar-refractivity contribution < 1.29 is 4.39 Å². The summed E-state index contributed by atoms with van der Waals surface area (Å²) < 4.78 is 13.0. The van der Waals surface area contributed by atoms with Crippen LogP contribution in [-0.4, -0.2) is 41.1 Å². The van der Waals surface area contributed by atoms with Crippen LogP contribution in [0.2, 0.25) is 0 Å². The monoisotopic (exact) mass is 310 g/mol. The van der Waals surface area contributed by atoms with E-state index in [2.05, 4.69) is 30.8 Å². The van der Waals surface area contributed by atoms with Gasteiger partial charge in [0.1, 0.15) is 17.7 Å². The Labute approximate surface area is 133 Å². The fourth-order valence-corrected chi connectivity index (χ4v) is 3.55. The molecular formula is C16H15FN6. The second kappa shape index (κ2) is 5.47. The van der Waals surface area contributed by atoms with Gasteiger partial charge in [-0.05, 0) is 12.1 Å². The number of nitriles is 1. The Kier molecular flexibility index (Phi) is 3.30. The Morgan fingerprint density at radius 3 is 2.35 bits per heavy atom. The maximum Gasteiger partial charge on any atom is 0.183 e. The van der Waals surface area contributed by atoms with Crippen molar-refractivity contribution in [3.05, 3.63) is 42.2 Å². The van der Waals surface area contributed by atoms with E-state index in [0.29, 0.717) is 23.3 Å². The first-order valence-electron chi connectivity index (χ1n) is 7.57. The summed E-state index contributed by atoms with van der Waals surface area (Å²) in [5.41, 5.74) is 0.379. The van der Waals surface area contributed by atoms with E-state index in [1.54, 1.807) is 18.5 Å². The Hall–Kier alpha value is -2.75. The lowest BCUT2D eigenvalue weighted by atomic mass is 10.0. The van der Waals surface area contributed by atoms with Gasteiger partial charge in [-0.25, -0.2) is 19.3 Å². The van der Waals surface area contributed by atoms with Gasteiger partial charge in [0.05, 0.1) is 6.20 Å². The fraction of sp³-hybridized carbons (Fsp3) is 0.375. The molecule has 2 aliphatic heterocycles. The number of aromatic nitrogens is 3. The van der Waals surface area contributed by atoms with Crippen LogP contribution in [0, 0.1) is 29.0 Å². The molecule has 0 N–H and O–H groups in total. The van der Waals surface area contributed by atoms with Gasteiger partial charge in [-0.15, -0.1) is 0 Å². The first kappa shape index (κ1) is 13.9. The molecule has 2 atom stereocenters. The van der Waals surface area contributed by atoms with Gasteiger partial charge in [0.15, 0.2) is 11.5 Å². The average Bonchev–Trinajstić information content (AvgIpc) is 3.14. The Morgan fingerprint density at radius 2 is 1.70 bits per heavy atom. The summed E-state index contributed by atoms with van der Waals surface area (Å²) in [4.78, 5) is 16.9. The number of anilines is 2. The van der Waals surface area contributed by atoms with Crippen LogP contribution < -0.4 is 9.80 Å². The third kappa shape index (κ3) is 2.46. The average molecular weight is 310 g/mol. The first-order chi connectivity index (χ1) is 11.2. The van der Waals surface area contributed by atoms with Gasteiger partial charge in [-0.3, -0.25) is 0 Å². The molecule has 4 rings (SSSR count). The van der Waals surface area contributed by atoms with Crippen molar-refractivity contribution in [3.8, 4) is 6.07 Å². The van der Waals surface area contributed by atoms with E-state index < -0.39 is 0 Å². The molecule has 116 valence electrons. The minimum Gasteiger partial charge on any atom is -0.356 e. The van der Waals surface area contributed by atoms with Gasteiger partial charge < -0.3 is 9.80 Å². The zero-order valence-corrected chi connectivity index (χ0v) is 12.4. The molecule has 0 amide bonds. The van der Waals surface area contributed by atoms with Gasteiger partial charge in [0, 0.05) is 50.4 Å². The zero-order valence-electron chi connectivity index (χ0n) is 12.4. The lowest BCUT2D eigenvalue weighted by Gasteiger charge is -2.23. The van der Waals surface area contributed by atoms with Gasteiger partial charge in [0.25, 0.3) is 0 Å². The quantitative estimate of drug-likeness (QED) is 0.836. The summed E-state index contributed by atoms with van der Waals surface area (Å²) in [5, 5.41) is 9.17. The zero-order chi connectivity index (χ0) is 15.8. The normalized spacial score (nSPS) is 23.0. The smallest absolute Gasteiger partial charge is 0.183 e. The highest BCUT2D eigenvalue weighted by atomic mass is 19.1. The van der Waals surface area contributed by atoms with E-state index in [9.17, 15) is 4.39 Å².